The van der Waals surface area contributed by atoms with Gasteiger partial charge in [-0.1, -0.05) is 142 Å². The number of rotatable bonds is 8. The summed E-state index contributed by atoms with van der Waals surface area (Å²) in [5, 5.41) is 7.78. The number of fused-ring (bicyclic) bond motifs is 3. The third-order valence-electron chi connectivity index (χ3n) is 10.3. The molecule has 1 unspecified atom stereocenters. The molecule has 1 atom stereocenters. The van der Waals surface area contributed by atoms with Crippen molar-refractivity contribution >= 4 is 43.5 Å². The van der Waals surface area contributed by atoms with Crippen LogP contribution in [-0.4, -0.2) is 4.98 Å². The van der Waals surface area contributed by atoms with Crippen LogP contribution in [0.3, 0.4) is 0 Å². The van der Waals surface area contributed by atoms with Gasteiger partial charge in [-0.15, -0.1) is 0 Å². The molecule has 1 heterocycles. The molecule has 47 heavy (non-hydrogen) atoms. The van der Waals surface area contributed by atoms with Crippen LogP contribution in [0.1, 0.15) is 68.6 Å². The van der Waals surface area contributed by atoms with Crippen LogP contribution in [0.4, 0.5) is 0 Å². The van der Waals surface area contributed by atoms with Gasteiger partial charge in [0.15, 0.2) is 0 Å². The average Bonchev–Trinajstić information content (AvgIpc) is 3.68. The standard InChI is InChI=1S/C46H41N/c1-3-13-31(4-2)32-22-24-33(25-23-32)45-40-18-9-11-20-42(40)46(43-21-12-10-19-41(43)45)44-27-26-39(37-16-7-8-17-38(37)44)36-15-6-5-14-35(36)34-28-29-47-30-34/h6-12,15-31,47H,3-5,13-14H2,1-2H3. The lowest BCUT2D eigenvalue weighted by Gasteiger charge is -2.21. The predicted molar refractivity (Wildman–Crippen MR) is 204 cm³/mol. The maximum Gasteiger partial charge on any atom is 0.00811 e. The summed E-state index contributed by atoms with van der Waals surface area (Å²) in [5.74, 6) is 0.625. The van der Waals surface area contributed by atoms with Gasteiger partial charge in [0.05, 0.1) is 0 Å². The van der Waals surface area contributed by atoms with Gasteiger partial charge in [0.1, 0.15) is 0 Å². The Kier molecular flexibility index (Phi) is 7.83. The summed E-state index contributed by atoms with van der Waals surface area (Å²) < 4.78 is 0. The number of hydrogen-bond acceptors (Lipinski definition) is 0. The van der Waals surface area contributed by atoms with Crippen LogP contribution < -0.4 is 0 Å². The van der Waals surface area contributed by atoms with Crippen LogP contribution in [0.2, 0.25) is 0 Å². The lowest BCUT2D eigenvalue weighted by molar-refractivity contribution is 0.596. The van der Waals surface area contributed by atoms with Gasteiger partial charge >= 0.3 is 0 Å². The van der Waals surface area contributed by atoms with Crippen molar-refractivity contribution in [1.29, 1.82) is 0 Å². The van der Waals surface area contributed by atoms with E-state index in [9.17, 15) is 0 Å². The topological polar surface area (TPSA) is 15.8 Å². The SMILES string of the molecule is CCCC(CC)c1ccc(-c2c3ccccc3c(-c3ccc(C4=C(c5cc[nH]c5)CCC=C4)c4ccccc34)c3ccccc23)cc1. The molecule has 8 rings (SSSR count). The van der Waals surface area contributed by atoms with Crippen molar-refractivity contribution in [2.75, 3.05) is 0 Å². The van der Waals surface area contributed by atoms with E-state index in [-0.39, 0.29) is 0 Å². The number of hydrogen-bond donors (Lipinski definition) is 1. The van der Waals surface area contributed by atoms with Crippen molar-refractivity contribution in [3.05, 3.63) is 156 Å². The van der Waals surface area contributed by atoms with Gasteiger partial charge in [-0.2, -0.15) is 0 Å². The zero-order valence-electron chi connectivity index (χ0n) is 27.4. The molecule has 0 saturated heterocycles. The van der Waals surface area contributed by atoms with Gasteiger partial charge in [0, 0.05) is 12.4 Å². The molecule has 230 valence electrons. The number of benzene rings is 6. The highest BCUT2D eigenvalue weighted by molar-refractivity contribution is 6.24. The molecule has 6 aromatic carbocycles. The largest absolute Gasteiger partial charge is 0.367 e. The van der Waals surface area contributed by atoms with E-state index in [4.69, 9.17) is 0 Å². The third kappa shape index (κ3) is 5.11. The van der Waals surface area contributed by atoms with E-state index in [1.54, 1.807) is 0 Å². The third-order valence-corrected chi connectivity index (χ3v) is 10.3. The van der Waals surface area contributed by atoms with Crippen LogP contribution in [-0.2, 0) is 0 Å². The number of aromatic amines is 1. The van der Waals surface area contributed by atoms with Crippen LogP contribution in [0.25, 0.3) is 65.7 Å². The van der Waals surface area contributed by atoms with E-state index in [0.29, 0.717) is 5.92 Å². The molecule has 0 aliphatic heterocycles. The normalized spacial score (nSPS) is 14.0. The molecule has 1 nitrogen and oxygen atoms in total. The van der Waals surface area contributed by atoms with E-state index >= 15 is 0 Å². The number of H-pyrrole nitrogens is 1. The molecule has 0 spiro atoms. The fourth-order valence-corrected chi connectivity index (χ4v) is 8.09. The van der Waals surface area contributed by atoms with Crippen LogP contribution in [0.5, 0.6) is 0 Å². The van der Waals surface area contributed by atoms with E-state index in [1.165, 1.54) is 102 Å². The first-order valence-electron chi connectivity index (χ1n) is 17.4. The highest BCUT2D eigenvalue weighted by Crippen LogP contribution is 2.47. The summed E-state index contributed by atoms with van der Waals surface area (Å²) in [5.41, 5.74) is 12.0. The first-order chi connectivity index (χ1) is 23.3. The van der Waals surface area contributed by atoms with E-state index < -0.39 is 0 Å². The van der Waals surface area contributed by atoms with Gasteiger partial charge in [-0.25, -0.2) is 0 Å². The van der Waals surface area contributed by atoms with Gasteiger partial charge in [0.25, 0.3) is 0 Å². The van der Waals surface area contributed by atoms with Crippen molar-refractivity contribution in [2.45, 2.75) is 51.9 Å². The first kappa shape index (κ1) is 29.3. The van der Waals surface area contributed by atoms with Crippen molar-refractivity contribution in [2.24, 2.45) is 0 Å². The predicted octanol–water partition coefficient (Wildman–Crippen LogP) is 13.4. The fourth-order valence-electron chi connectivity index (χ4n) is 8.09. The number of nitrogens with one attached hydrogen (secondary N) is 1. The summed E-state index contributed by atoms with van der Waals surface area (Å²) in [7, 11) is 0. The van der Waals surface area contributed by atoms with E-state index in [2.05, 4.69) is 152 Å². The highest BCUT2D eigenvalue weighted by Gasteiger charge is 2.21. The minimum Gasteiger partial charge on any atom is -0.367 e. The maximum atomic E-state index is 3.27. The van der Waals surface area contributed by atoms with Crippen molar-refractivity contribution in [3.63, 3.8) is 0 Å². The van der Waals surface area contributed by atoms with Crippen LogP contribution in [0.15, 0.2) is 140 Å². The molecule has 0 fully saturated rings. The van der Waals surface area contributed by atoms with Crippen molar-refractivity contribution < 1.29 is 0 Å². The zero-order valence-corrected chi connectivity index (χ0v) is 27.4. The van der Waals surface area contributed by atoms with Crippen LogP contribution in [0, 0.1) is 0 Å². The maximum absolute atomic E-state index is 3.27. The molecular formula is C46H41N. The highest BCUT2D eigenvalue weighted by atomic mass is 14.6. The summed E-state index contributed by atoms with van der Waals surface area (Å²) in [6, 6.07) is 43.5. The Bertz CT molecular complexity index is 2220. The van der Waals surface area contributed by atoms with E-state index in [1.807, 2.05) is 6.20 Å². The average molecular weight is 608 g/mol. The molecule has 1 heteroatoms. The summed E-state index contributed by atoms with van der Waals surface area (Å²) in [6.45, 7) is 4.60. The van der Waals surface area contributed by atoms with Crippen molar-refractivity contribution in [3.8, 4) is 22.3 Å². The second-order valence-electron chi connectivity index (χ2n) is 13.0. The van der Waals surface area contributed by atoms with Gasteiger partial charge in [-0.05, 0) is 120 Å². The Balaban J connectivity index is 1.37. The Morgan fingerprint density at radius 1 is 0.596 bits per heavy atom. The Hall–Kier alpha value is -5.14. The van der Waals surface area contributed by atoms with Gasteiger partial charge in [-0.3, -0.25) is 0 Å². The molecule has 1 aliphatic carbocycles. The van der Waals surface area contributed by atoms with E-state index in [0.717, 1.165) is 12.8 Å². The first-order valence-corrected chi connectivity index (χ1v) is 17.4. The lowest BCUT2D eigenvalue weighted by Crippen LogP contribution is -1.97. The molecular weight excluding hydrogens is 567 g/mol. The molecule has 1 aromatic heterocycles. The Labute approximate surface area is 278 Å². The fraction of sp³-hybridized carbons (Fsp3) is 0.174. The molecule has 0 amide bonds. The summed E-state index contributed by atoms with van der Waals surface area (Å²) >= 11 is 0. The second-order valence-corrected chi connectivity index (χ2v) is 13.0. The molecule has 0 saturated carbocycles. The minimum absolute atomic E-state index is 0.625. The Morgan fingerprint density at radius 2 is 1.19 bits per heavy atom. The monoisotopic (exact) mass is 607 g/mol. The smallest absolute Gasteiger partial charge is 0.00811 e. The molecule has 1 N–H and O–H groups in total. The number of aromatic nitrogens is 1. The summed E-state index contributed by atoms with van der Waals surface area (Å²) in [4.78, 5) is 3.27. The second kappa shape index (κ2) is 12.6. The van der Waals surface area contributed by atoms with Gasteiger partial charge < -0.3 is 4.98 Å². The minimum atomic E-state index is 0.625. The quantitative estimate of drug-likeness (QED) is 0.165. The molecule has 0 radical (unpaired) electrons. The zero-order chi connectivity index (χ0) is 31.7. The lowest BCUT2D eigenvalue weighted by atomic mass is 9.82. The molecule has 0 bridgehead atoms. The Morgan fingerprint density at radius 3 is 1.79 bits per heavy atom. The van der Waals surface area contributed by atoms with Gasteiger partial charge in [0.2, 0.25) is 0 Å². The summed E-state index contributed by atoms with van der Waals surface area (Å²) in [6.07, 6.45) is 14.6. The molecule has 7 aromatic rings. The van der Waals surface area contributed by atoms with Crippen molar-refractivity contribution in [1.82, 2.24) is 4.98 Å². The number of allylic oxidation sites excluding steroid dienone is 4. The van der Waals surface area contributed by atoms with Crippen LogP contribution >= 0.6 is 0 Å². The molecule has 1 aliphatic rings.